The van der Waals surface area contributed by atoms with Gasteiger partial charge in [-0.2, -0.15) is 0 Å². The first-order valence-electron chi connectivity index (χ1n) is 15.7. The van der Waals surface area contributed by atoms with E-state index in [0.717, 1.165) is 32.1 Å². The van der Waals surface area contributed by atoms with Gasteiger partial charge in [-0.3, -0.25) is 0 Å². The van der Waals surface area contributed by atoms with Gasteiger partial charge in [0.1, 0.15) is 0 Å². The fourth-order valence-electron chi connectivity index (χ4n) is 5.24. The Hall–Kier alpha value is -0.211. The fraction of sp³-hybridized carbons (Fsp3) is 0.906. The summed E-state index contributed by atoms with van der Waals surface area (Å²) in [6.07, 6.45) is 21.2. The molecule has 2 atom stereocenters. The van der Waals surface area contributed by atoms with Crippen molar-refractivity contribution in [2.24, 2.45) is 0 Å². The first-order valence-corrected chi connectivity index (χ1v) is 23.4. The molecule has 212 valence electrons. The van der Waals surface area contributed by atoms with Gasteiger partial charge in [0.05, 0.1) is 0 Å². The van der Waals surface area contributed by atoms with Gasteiger partial charge in [-0.05, 0) is 0 Å². The molecule has 0 saturated heterocycles. The van der Waals surface area contributed by atoms with Crippen LogP contribution in [0.5, 0.6) is 0 Å². The summed E-state index contributed by atoms with van der Waals surface area (Å²) >= 11 is -2.53. The molecule has 0 heterocycles. The van der Waals surface area contributed by atoms with Crippen LogP contribution < -0.4 is 0 Å². The number of methoxy groups -OCH3 is 1. The number of hydrogen-bond donors (Lipinski definition) is 0. The second-order valence-corrected chi connectivity index (χ2v) is 24.8. The normalized spacial score (nSPS) is 13.2. The second-order valence-electron chi connectivity index (χ2n) is 10.9. The van der Waals surface area contributed by atoms with Gasteiger partial charge in [-0.25, -0.2) is 0 Å². The number of ether oxygens (including phenoxy) is 2. The van der Waals surface area contributed by atoms with E-state index in [1.54, 1.807) is 0 Å². The van der Waals surface area contributed by atoms with Gasteiger partial charge in [0, 0.05) is 0 Å². The Morgan fingerprint density at radius 2 is 1.25 bits per heavy atom. The van der Waals surface area contributed by atoms with E-state index in [9.17, 15) is 4.79 Å². The van der Waals surface area contributed by atoms with Gasteiger partial charge in [-0.15, -0.1) is 0 Å². The van der Waals surface area contributed by atoms with Crippen LogP contribution in [0.2, 0.25) is 13.3 Å². The molecule has 0 aromatic rings. The van der Waals surface area contributed by atoms with Crippen LogP contribution in [0.4, 0.5) is 0 Å². The van der Waals surface area contributed by atoms with Gasteiger partial charge in [0.2, 0.25) is 0 Å². The number of rotatable bonds is 24. The third-order valence-corrected chi connectivity index (χ3v) is 24.3. The molecule has 0 aromatic heterocycles. The van der Waals surface area contributed by atoms with Crippen LogP contribution in [0.3, 0.4) is 0 Å². The standard InChI is InChI=1S/C20H35O3.3C4H9.Sn/c1-4-6-8-11-15-19(23-18-14-9-7-5-2)16-12-10-13-17-20(21)22-3;3*1-3-4-2;/h18-19H,4-10,12-14,16-17H2,1-3H3;3*1,3-4H2,2H3;/t19-;;;;/m1..../s1. The van der Waals surface area contributed by atoms with Crippen LogP contribution in [0.25, 0.3) is 0 Å². The van der Waals surface area contributed by atoms with E-state index in [2.05, 4.69) is 46.5 Å². The molecule has 0 saturated carbocycles. The minimum atomic E-state index is -2.53. The van der Waals surface area contributed by atoms with Crippen molar-refractivity contribution < 1.29 is 14.3 Å². The van der Waals surface area contributed by atoms with Gasteiger partial charge in [0.25, 0.3) is 0 Å². The number of carbonyl (C=O) groups is 1. The third kappa shape index (κ3) is 17.3. The van der Waals surface area contributed by atoms with Gasteiger partial charge in [-0.1, -0.05) is 0 Å². The molecule has 3 nitrogen and oxygen atoms in total. The summed E-state index contributed by atoms with van der Waals surface area (Å²) in [7, 11) is 1.48. The van der Waals surface area contributed by atoms with Crippen LogP contribution in [0.1, 0.15) is 150 Å². The number of hydrogen-bond acceptors (Lipinski definition) is 3. The Bertz CT molecular complexity index is 544. The summed E-state index contributed by atoms with van der Waals surface area (Å²) in [6.45, 7) is 11.6. The van der Waals surface area contributed by atoms with Crippen molar-refractivity contribution in [3.63, 3.8) is 0 Å². The number of carbonyl (C=O) groups excluding carboxylic acids is 1. The molecular weight excluding hydrogens is 551 g/mol. The monoisotopic (exact) mass is 614 g/mol. The van der Waals surface area contributed by atoms with E-state index >= 15 is 0 Å². The Morgan fingerprint density at radius 1 is 0.694 bits per heavy atom. The summed E-state index contributed by atoms with van der Waals surface area (Å²) in [5.74, 6) is 6.98. The zero-order valence-corrected chi connectivity index (χ0v) is 28.1. The van der Waals surface area contributed by atoms with E-state index < -0.39 is 18.4 Å². The average molecular weight is 614 g/mol. The number of esters is 1. The second kappa shape index (κ2) is 25.1. The maximum absolute atomic E-state index is 11.5. The Labute approximate surface area is 230 Å². The van der Waals surface area contributed by atoms with E-state index in [4.69, 9.17) is 9.47 Å². The van der Waals surface area contributed by atoms with E-state index in [0.29, 0.717) is 10.5 Å². The van der Waals surface area contributed by atoms with Crippen molar-refractivity contribution in [3.05, 3.63) is 0 Å². The summed E-state index contributed by atoms with van der Waals surface area (Å²) < 4.78 is 17.0. The summed E-state index contributed by atoms with van der Waals surface area (Å²) in [6, 6.07) is 0. The van der Waals surface area contributed by atoms with Crippen LogP contribution >= 0.6 is 0 Å². The number of unbranched alkanes of at least 4 members (excludes halogenated alkanes) is 9. The molecule has 36 heavy (non-hydrogen) atoms. The van der Waals surface area contributed by atoms with Gasteiger partial charge in [0.15, 0.2) is 0 Å². The SMILES string of the molecule is CCCCC#C[C@H](CCCCCC(=O)OC)O[C@@H](CCCCC)[Sn]([CH2]CCC)([CH2]CCC)[CH2]CCC. The molecule has 0 unspecified atom stereocenters. The van der Waals surface area contributed by atoms with Crippen LogP contribution in [-0.4, -0.2) is 41.7 Å². The van der Waals surface area contributed by atoms with E-state index in [1.165, 1.54) is 97.5 Å². The molecule has 0 N–H and O–H groups in total. The zero-order valence-electron chi connectivity index (χ0n) is 25.2. The molecule has 0 spiro atoms. The Balaban J connectivity index is 5.74. The Kier molecular flexibility index (Phi) is 24.9. The minimum absolute atomic E-state index is 0.0626. The predicted molar refractivity (Wildman–Crippen MR) is 160 cm³/mol. The van der Waals surface area contributed by atoms with Crippen LogP contribution in [-0.2, 0) is 14.3 Å². The maximum atomic E-state index is 11.5. The molecule has 0 radical (unpaired) electrons. The molecule has 0 aromatic carbocycles. The molecule has 0 fully saturated rings. The molecule has 0 amide bonds. The molecular formula is C32H62O3Sn. The van der Waals surface area contributed by atoms with Crippen molar-refractivity contribution in [1.29, 1.82) is 0 Å². The average Bonchev–Trinajstić information content (AvgIpc) is 2.89. The van der Waals surface area contributed by atoms with E-state index in [-0.39, 0.29) is 12.1 Å². The van der Waals surface area contributed by atoms with Crippen LogP contribution in [0, 0.1) is 11.8 Å². The molecule has 0 rings (SSSR count). The molecule has 0 aliphatic heterocycles. The molecule has 0 aliphatic rings. The summed E-state index contributed by atoms with van der Waals surface area (Å²) in [5.41, 5.74) is 0. The van der Waals surface area contributed by atoms with Gasteiger partial charge < -0.3 is 0 Å². The fourth-order valence-corrected chi connectivity index (χ4v) is 22.8. The zero-order chi connectivity index (χ0) is 26.9. The Morgan fingerprint density at radius 3 is 1.78 bits per heavy atom. The van der Waals surface area contributed by atoms with Crippen molar-refractivity contribution in [3.8, 4) is 11.8 Å². The molecule has 0 bridgehead atoms. The van der Waals surface area contributed by atoms with E-state index in [1.807, 2.05) is 0 Å². The van der Waals surface area contributed by atoms with Crippen molar-refractivity contribution in [2.45, 2.75) is 174 Å². The third-order valence-electron chi connectivity index (χ3n) is 7.66. The quantitative estimate of drug-likeness (QED) is 0.0471. The van der Waals surface area contributed by atoms with Crippen LogP contribution in [0.15, 0.2) is 0 Å². The van der Waals surface area contributed by atoms with Crippen molar-refractivity contribution in [1.82, 2.24) is 0 Å². The predicted octanol–water partition coefficient (Wildman–Crippen LogP) is 10.0. The molecule has 0 aliphatic carbocycles. The van der Waals surface area contributed by atoms with Gasteiger partial charge >= 0.3 is 231 Å². The van der Waals surface area contributed by atoms with Crippen molar-refractivity contribution >= 4 is 24.3 Å². The van der Waals surface area contributed by atoms with Crippen molar-refractivity contribution in [2.75, 3.05) is 7.11 Å². The first kappa shape index (κ1) is 35.8. The topological polar surface area (TPSA) is 35.5 Å². The summed E-state index contributed by atoms with van der Waals surface area (Å²) in [5, 5.41) is 0. The first-order chi connectivity index (χ1) is 17.5. The molecule has 4 heteroatoms. The summed E-state index contributed by atoms with van der Waals surface area (Å²) in [4.78, 5) is 11.5.